The van der Waals surface area contributed by atoms with Gasteiger partial charge in [0.2, 0.25) is 0 Å². The highest BCUT2D eigenvalue weighted by Crippen LogP contribution is 2.36. The Kier molecular flexibility index (Phi) is 3.54. The van der Waals surface area contributed by atoms with E-state index in [1.807, 2.05) is 0 Å². The largest absolute Gasteiger partial charge is 0.319 e. The molecule has 2 aromatic rings. The van der Waals surface area contributed by atoms with Crippen LogP contribution in [0.25, 0.3) is 10.8 Å². The molecule has 0 bridgehead atoms. The number of fused-ring (bicyclic) bond motifs is 1. The van der Waals surface area contributed by atoms with E-state index in [4.69, 9.17) is 0 Å². The van der Waals surface area contributed by atoms with Crippen molar-refractivity contribution in [3.05, 3.63) is 48.0 Å². The quantitative estimate of drug-likeness (QED) is 0.905. The van der Waals surface area contributed by atoms with Gasteiger partial charge in [-0.25, -0.2) is 0 Å². The molecular weight excluding hydrogens is 232 g/mol. The zero-order valence-corrected chi connectivity index (χ0v) is 11.8. The Hall–Kier alpha value is -1.38. The highest BCUT2D eigenvalue weighted by Gasteiger charge is 2.32. The van der Waals surface area contributed by atoms with Gasteiger partial charge in [0.1, 0.15) is 0 Å². The molecule has 1 heterocycles. The van der Waals surface area contributed by atoms with Gasteiger partial charge < -0.3 is 5.32 Å². The number of hydrogen-bond donors (Lipinski definition) is 1. The molecule has 1 N–H and O–H groups in total. The van der Waals surface area contributed by atoms with E-state index in [1.165, 1.54) is 29.3 Å². The molecule has 19 heavy (non-hydrogen) atoms. The molecule has 2 atom stereocenters. The van der Waals surface area contributed by atoms with Crippen LogP contribution in [0, 0.1) is 5.92 Å². The summed E-state index contributed by atoms with van der Waals surface area (Å²) in [7, 11) is 4.30. The van der Waals surface area contributed by atoms with E-state index in [2.05, 4.69) is 66.8 Å². The minimum absolute atomic E-state index is 0.553. The molecule has 2 aromatic carbocycles. The second-order valence-corrected chi connectivity index (χ2v) is 5.64. The van der Waals surface area contributed by atoms with E-state index in [0.29, 0.717) is 6.04 Å². The molecule has 1 aliphatic heterocycles. The van der Waals surface area contributed by atoms with Gasteiger partial charge in [-0.3, -0.25) is 4.90 Å². The van der Waals surface area contributed by atoms with Crippen LogP contribution in [0.3, 0.4) is 0 Å². The molecule has 2 nitrogen and oxygen atoms in total. The Bertz CT molecular complexity index is 562. The van der Waals surface area contributed by atoms with Crippen molar-refractivity contribution in [2.24, 2.45) is 5.92 Å². The molecule has 0 radical (unpaired) electrons. The summed E-state index contributed by atoms with van der Waals surface area (Å²) in [4.78, 5) is 2.49. The maximum atomic E-state index is 3.34. The van der Waals surface area contributed by atoms with Gasteiger partial charge in [-0.2, -0.15) is 0 Å². The zero-order chi connectivity index (χ0) is 13.2. The first-order chi connectivity index (χ1) is 9.29. The van der Waals surface area contributed by atoms with Crippen LogP contribution >= 0.6 is 0 Å². The third-order valence-electron chi connectivity index (χ3n) is 4.36. The maximum Gasteiger partial charge on any atom is 0.0386 e. The average molecular weight is 254 g/mol. The number of benzene rings is 2. The number of nitrogens with zero attached hydrogens (tertiary/aromatic N) is 1. The first-order valence-electron chi connectivity index (χ1n) is 7.13. The second-order valence-electron chi connectivity index (χ2n) is 5.64. The molecule has 3 rings (SSSR count). The van der Waals surface area contributed by atoms with E-state index < -0.39 is 0 Å². The fourth-order valence-electron chi connectivity index (χ4n) is 3.42. The number of rotatable bonds is 3. The van der Waals surface area contributed by atoms with Gasteiger partial charge >= 0.3 is 0 Å². The molecule has 2 heteroatoms. The highest BCUT2D eigenvalue weighted by molar-refractivity contribution is 5.83. The summed E-state index contributed by atoms with van der Waals surface area (Å²) >= 11 is 0. The lowest BCUT2D eigenvalue weighted by Crippen LogP contribution is -2.26. The summed E-state index contributed by atoms with van der Waals surface area (Å²) in [5.74, 6) is 0.719. The first kappa shape index (κ1) is 12.6. The summed E-state index contributed by atoms with van der Waals surface area (Å²) in [5, 5.41) is 6.02. The maximum absolute atomic E-state index is 3.34. The number of nitrogens with one attached hydrogen (secondary N) is 1. The van der Waals surface area contributed by atoms with Crippen molar-refractivity contribution in [3.63, 3.8) is 0 Å². The fourth-order valence-corrected chi connectivity index (χ4v) is 3.42. The van der Waals surface area contributed by atoms with Gasteiger partial charge in [0.05, 0.1) is 0 Å². The van der Waals surface area contributed by atoms with Crippen LogP contribution in [-0.2, 0) is 0 Å². The summed E-state index contributed by atoms with van der Waals surface area (Å²) in [6.45, 7) is 2.30. The van der Waals surface area contributed by atoms with Gasteiger partial charge in [-0.05, 0) is 61.9 Å². The zero-order valence-electron chi connectivity index (χ0n) is 11.8. The summed E-state index contributed by atoms with van der Waals surface area (Å²) in [6, 6.07) is 16.1. The highest BCUT2D eigenvalue weighted by atomic mass is 15.2. The molecule has 0 spiro atoms. The molecule has 1 fully saturated rings. The SMILES string of the molecule is CNCC1CCN(C)C1c1ccc2ccccc2c1. The lowest BCUT2D eigenvalue weighted by atomic mass is 9.92. The van der Waals surface area contributed by atoms with Gasteiger partial charge in [-0.1, -0.05) is 36.4 Å². The van der Waals surface area contributed by atoms with Crippen molar-refractivity contribution < 1.29 is 0 Å². The molecular formula is C17H22N2. The monoisotopic (exact) mass is 254 g/mol. The van der Waals surface area contributed by atoms with E-state index in [1.54, 1.807) is 0 Å². The fraction of sp³-hybridized carbons (Fsp3) is 0.412. The van der Waals surface area contributed by atoms with Gasteiger partial charge in [0.25, 0.3) is 0 Å². The Morgan fingerprint density at radius 3 is 2.74 bits per heavy atom. The van der Waals surface area contributed by atoms with Crippen LogP contribution in [0.5, 0.6) is 0 Å². The van der Waals surface area contributed by atoms with E-state index in [-0.39, 0.29) is 0 Å². The Labute approximate surface area is 115 Å². The minimum atomic E-state index is 0.553. The molecule has 0 amide bonds. The van der Waals surface area contributed by atoms with Crippen molar-refractivity contribution >= 4 is 10.8 Å². The average Bonchev–Trinajstić information content (AvgIpc) is 2.80. The predicted octanol–water partition coefficient (Wildman–Crippen LogP) is 3.05. The van der Waals surface area contributed by atoms with Crippen LogP contribution in [0.15, 0.2) is 42.5 Å². The van der Waals surface area contributed by atoms with Gasteiger partial charge in [0.15, 0.2) is 0 Å². The third-order valence-corrected chi connectivity index (χ3v) is 4.36. The normalized spacial score (nSPS) is 24.1. The van der Waals surface area contributed by atoms with Crippen LogP contribution in [0.1, 0.15) is 18.0 Å². The van der Waals surface area contributed by atoms with Crippen molar-refractivity contribution in [3.8, 4) is 0 Å². The molecule has 0 saturated carbocycles. The van der Waals surface area contributed by atoms with Crippen LogP contribution < -0.4 is 5.32 Å². The van der Waals surface area contributed by atoms with E-state index in [9.17, 15) is 0 Å². The van der Waals surface area contributed by atoms with Gasteiger partial charge in [-0.15, -0.1) is 0 Å². The standard InChI is InChI=1S/C17H22N2/c1-18-12-16-9-10-19(2)17(16)15-8-7-13-5-3-4-6-14(13)11-15/h3-8,11,16-18H,9-10,12H2,1-2H3. The summed E-state index contributed by atoms with van der Waals surface area (Å²) in [6.07, 6.45) is 1.29. The Morgan fingerprint density at radius 2 is 1.95 bits per heavy atom. The lowest BCUT2D eigenvalue weighted by Gasteiger charge is -2.25. The van der Waals surface area contributed by atoms with E-state index >= 15 is 0 Å². The van der Waals surface area contributed by atoms with Crippen molar-refractivity contribution in [2.75, 3.05) is 27.2 Å². The molecule has 1 aliphatic rings. The second kappa shape index (κ2) is 5.32. The molecule has 100 valence electrons. The summed E-state index contributed by atoms with van der Waals surface area (Å²) < 4.78 is 0. The minimum Gasteiger partial charge on any atom is -0.319 e. The number of hydrogen-bond acceptors (Lipinski definition) is 2. The molecule has 0 aliphatic carbocycles. The smallest absolute Gasteiger partial charge is 0.0386 e. The topological polar surface area (TPSA) is 15.3 Å². The number of likely N-dealkylation sites (tertiary alicyclic amines) is 1. The Morgan fingerprint density at radius 1 is 1.16 bits per heavy atom. The van der Waals surface area contributed by atoms with Crippen LogP contribution in [0.2, 0.25) is 0 Å². The molecule has 2 unspecified atom stereocenters. The van der Waals surface area contributed by atoms with Crippen LogP contribution in [-0.4, -0.2) is 32.1 Å². The van der Waals surface area contributed by atoms with Crippen molar-refractivity contribution in [1.29, 1.82) is 0 Å². The molecule has 1 saturated heterocycles. The van der Waals surface area contributed by atoms with Crippen molar-refractivity contribution in [2.45, 2.75) is 12.5 Å². The lowest BCUT2D eigenvalue weighted by molar-refractivity contribution is 0.274. The molecule has 0 aromatic heterocycles. The van der Waals surface area contributed by atoms with Crippen LogP contribution in [0.4, 0.5) is 0 Å². The Balaban J connectivity index is 1.97. The third kappa shape index (κ3) is 2.38. The van der Waals surface area contributed by atoms with Crippen molar-refractivity contribution in [1.82, 2.24) is 10.2 Å². The first-order valence-corrected chi connectivity index (χ1v) is 7.13. The predicted molar refractivity (Wildman–Crippen MR) is 81.4 cm³/mol. The summed E-state index contributed by atoms with van der Waals surface area (Å²) in [5.41, 5.74) is 1.46. The van der Waals surface area contributed by atoms with E-state index in [0.717, 1.165) is 12.5 Å². The van der Waals surface area contributed by atoms with Gasteiger partial charge in [0, 0.05) is 6.04 Å².